The fraction of sp³-hybridized carbons (Fsp3) is 0.429. The molecule has 0 bridgehead atoms. The number of Topliss-reactive ketones (excluding diaryl/α,β-unsaturated/α-hetero) is 1. The molecule has 3 N–H and O–H groups in total. The minimum atomic E-state index is -1.39. The third-order valence-electron chi connectivity index (χ3n) is 4.47. The second-order valence-electron chi connectivity index (χ2n) is 7.38. The summed E-state index contributed by atoms with van der Waals surface area (Å²) in [6, 6.07) is 4.71. The molecule has 9 nitrogen and oxygen atoms in total. The lowest BCUT2D eigenvalue weighted by Crippen LogP contribution is -2.47. The van der Waals surface area contributed by atoms with Crippen LogP contribution in [-0.2, 0) is 25.5 Å². The molecular formula is C21H26N4O5. The van der Waals surface area contributed by atoms with Crippen molar-refractivity contribution >= 4 is 34.8 Å². The van der Waals surface area contributed by atoms with Gasteiger partial charge in [-0.25, -0.2) is 4.79 Å². The maximum atomic E-state index is 12.5. The van der Waals surface area contributed by atoms with E-state index in [0.717, 1.165) is 28.2 Å². The fourth-order valence-electron chi connectivity index (χ4n) is 3.02. The number of carbonyl (C=O) groups is 3. The van der Waals surface area contributed by atoms with Gasteiger partial charge in [0.2, 0.25) is 11.7 Å². The van der Waals surface area contributed by atoms with Crippen LogP contribution in [0.3, 0.4) is 0 Å². The number of amides is 1. The number of aryl methyl sites for hydroxylation is 1. The van der Waals surface area contributed by atoms with Crippen LogP contribution in [0, 0.1) is 6.92 Å². The Bertz CT molecular complexity index is 975. The molecule has 0 saturated carbocycles. The summed E-state index contributed by atoms with van der Waals surface area (Å²) in [5.41, 5.74) is 11.2. The van der Waals surface area contributed by atoms with Crippen molar-refractivity contribution in [3.05, 3.63) is 41.1 Å². The van der Waals surface area contributed by atoms with Gasteiger partial charge < -0.3 is 25.7 Å². The molecule has 0 aliphatic rings. The molecular weight excluding hydrogens is 388 g/mol. The Balaban J connectivity index is 2.07. The smallest absolute Gasteiger partial charge is 0.328 e. The number of nitrogens with one attached hydrogen (secondary N) is 2. The first-order valence-electron chi connectivity index (χ1n) is 9.67. The van der Waals surface area contributed by atoms with Crippen molar-refractivity contribution in [3.8, 4) is 0 Å². The van der Waals surface area contributed by atoms with Crippen LogP contribution in [0.2, 0.25) is 0 Å². The average Bonchev–Trinajstić information content (AvgIpc) is 3.06. The van der Waals surface area contributed by atoms with Crippen molar-refractivity contribution in [2.45, 2.75) is 58.3 Å². The van der Waals surface area contributed by atoms with Gasteiger partial charge in [0.1, 0.15) is 12.1 Å². The molecule has 2 rings (SSSR count). The highest BCUT2D eigenvalue weighted by Crippen LogP contribution is 2.21. The second-order valence-corrected chi connectivity index (χ2v) is 7.38. The number of esters is 1. The van der Waals surface area contributed by atoms with E-state index in [2.05, 4.69) is 15.1 Å². The number of ketones is 1. The maximum absolute atomic E-state index is 12.5. The highest BCUT2D eigenvalue weighted by Gasteiger charge is 2.27. The van der Waals surface area contributed by atoms with Crippen LogP contribution >= 0.6 is 0 Å². The zero-order chi connectivity index (χ0) is 22.3. The van der Waals surface area contributed by atoms with Gasteiger partial charge in [0.25, 0.3) is 0 Å². The van der Waals surface area contributed by atoms with E-state index >= 15 is 0 Å². The van der Waals surface area contributed by atoms with Crippen LogP contribution in [-0.4, -0.2) is 57.0 Å². The molecule has 9 heteroatoms. The van der Waals surface area contributed by atoms with Gasteiger partial charge >= 0.3 is 12.2 Å². The Morgan fingerprint density at radius 3 is 2.73 bits per heavy atom. The SMILES string of the molecule is Cc1ccc2c(C[C@H](O)C(=O)N[C@@H](CCC(=O)C=[N+]=[N-])C(=O)OC(C)C)c[nH]c2c1. The molecule has 0 spiro atoms. The van der Waals surface area contributed by atoms with Crippen LogP contribution in [0.4, 0.5) is 0 Å². The number of benzene rings is 1. The van der Waals surface area contributed by atoms with Gasteiger partial charge in [-0.2, -0.15) is 4.79 Å². The van der Waals surface area contributed by atoms with E-state index in [0.29, 0.717) is 0 Å². The Morgan fingerprint density at radius 1 is 1.33 bits per heavy atom. The van der Waals surface area contributed by atoms with Crippen LogP contribution in [0.25, 0.3) is 16.4 Å². The van der Waals surface area contributed by atoms with Gasteiger partial charge in [-0.3, -0.25) is 9.59 Å². The predicted octanol–water partition coefficient (Wildman–Crippen LogP) is 1.47. The molecule has 1 aromatic carbocycles. The number of carbonyl (C=O) groups excluding carboxylic acids is 3. The summed E-state index contributed by atoms with van der Waals surface area (Å²) in [5, 5.41) is 13.7. The third-order valence-corrected chi connectivity index (χ3v) is 4.47. The predicted molar refractivity (Wildman–Crippen MR) is 110 cm³/mol. The monoisotopic (exact) mass is 414 g/mol. The summed E-state index contributed by atoms with van der Waals surface area (Å²) in [6.45, 7) is 5.29. The summed E-state index contributed by atoms with van der Waals surface area (Å²) in [6.07, 6.45) is 0.511. The van der Waals surface area contributed by atoms with Gasteiger partial charge in [0.15, 0.2) is 0 Å². The molecule has 0 saturated heterocycles. The lowest BCUT2D eigenvalue weighted by atomic mass is 10.0. The number of fused-ring (bicyclic) bond motifs is 1. The largest absolute Gasteiger partial charge is 0.461 e. The van der Waals surface area contributed by atoms with E-state index in [1.807, 2.05) is 25.1 Å². The number of ether oxygens (including phenoxy) is 1. The Hall–Kier alpha value is -3.29. The van der Waals surface area contributed by atoms with Crippen LogP contribution in [0.5, 0.6) is 0 Å². The number of aliphatic hydroxyl groups is 1. The van der Waals surface area contributed by atoms with Crippen molar-refractivity contribution in [1.82, 2.24) is 10.3 Å². The maximum Gasteiger partial charge on any atom is 0.328 e. The van der Waals surface area contributed by atoms with Gasteiger partial charge in [0.05, 0.1) is 6.10 Å². The molecule has 1 heterocycles. The first kappa shape index (κ1) is 23.0. The first-order valence-corrected chi connectivity index (χ1v) is 9.67. The number of nitrogens with zero attached hydrogens (tertiary/aromatic N) is 2. The molecule has 160 valence electrons. The van der Waals surface area contributed by atoms with E-state index in [1.165, 1.54) is 0 Å². The van der Waals surface area contributed by atoms with Crippen LogP contribution in [0.15, 0.2) is 24.4 Å². The number of H-pyrrole nitrogens is 1. The minimum Gasteiger partial charge on any atom is -0.461 e. The van der Waals surface area contributed by atoms with Gasteiger partial charge in [-0.05, 0) is 44.4 Å². The molecule has 2 aromatic rings. The number of rotatable bonds is 10. The summed E-state index contributed by atoms with van der Waals surface area (Å²) in [5.74, 6) is -1.96. The molecule has 1 aromatic heterocycles. The third kappa shape index (κ3) is 6.37. The van der Waals surface area contributed by atoms with E-state index in [1.54, 1.807) is 20.0 Å². The molecule has 30 heavy (non-hydrogen) atoms. The van der Waals surface area contributed by atoms with E-state index < -0.39 is 35.9 Å². The van der Waals surface area contributed by atoms with E-state index in [-0.39, 0.29) is 19.3 Å². The van der Waals surface area contributed by atoms with E-state index in [9.17, 15) is 19.5 Å². The normalized spacial score (nSPS) is 12.8. The zero-order valence-corrected chi connectivity index (χ0v) is 17.2. The fourth-order valence-corrected chi connectivity index (χ4v) is 3.02. The highest BCUT2D eigenvalue weighted by molar-refractivity contribution is 6.25. The highest BCUT2D eigenvalue weighted by atomic mass is 16.5. The van der Waals surface area contributed by atoms with Crippen molar-refractivity contribution in [2.24, 2.45) is 0 Å². The van der Waals surface area contributed by atoms with Gasteiger partial charge in [-0.15, -0.1) is 0 Å². The van der Waals surface area contributed by atoms with Crippen LogP contribution in [0.1, 0.15) is 37.8 Å². The number of aromatic amines is 1. The molecule has 1 amide bonds. The number of hydrogen-bond donors (Lipinski definition) is 3. The zero-order valence-electron chi connectivity index (χ0n) is 17.2. The van der Waals surface area contributed by atoms with Gasteiger partial charge in [-0.1, -0.05) is 12.1 Å². The number of aromatic nitrogens is 1. The van der Waals surface area contributed by atoms with Gasteiger partial charge in [0, 0.05) is 29.9 Å². The summed E-state index contributed by atoms with van der Waals surface area (Å²) >= 11 is 0. The topological polar surface area (TPSA) is 145 Å². The van der Waals surface area contributed by atoms with Crippen molar-refractivity contribution < 1.29 is 29.0 Å². The van der Waals surface area contributed by atoms with Crippen molar-refractivity contribution in [1.29, 1.82) is 0 Å². The molecule has 0 fully saturated rings. The van der Waals surface area contributed by atoms with Crippen molar-refractivity contribution in [3.63, 3.8) is 0 Å². The number of aliphatic hydroxyl groups excluding tert-OH is 1. The van der Waals surface area contributed by atoms with Crippen LogP contribution < -0.4 is 5.32 Å². The summed E-state index contributed by atoms with van der Waals surface area (Å²) in [4.78, 5) is 42.1. The average molecular weight is 414 g/mol. The molecule has 0 aliphatic heterocycles. The molecule has 0 aliphatic carbocycles. The number of hydrogen-bond acceptors (Lipinski definition) is 5. The molecule has 0 unspecified atom stereocenters. The lowest BCUT2D eigenvalue weighted by molar-refractivity contribution is -0.152. The molecule has 2 atom stereocenters. The first-order chi connectivity index (χ1) is 14.2. The Labute approximate surface area is 174 Å². The Kier molecular flexibility index (Phi) is 8.03. The minimum absolute atomic E-state index is 0.0525. The summed E-state index contributed by atoms with van der Waals surface area (Å²) < 4.78 is 5.13. The molecule has 0 radical (unpaired) electrons. The Morgan fingerprint density at radius 2 is 2.07 bits per heavy atom. The second kappa shape index (κ2) is 10.5. The van der Waals surface area contributed by atoms with Crippen molar-refractivity contribution in [2.75, 3.05) is 0 Å². The standard InChI is InChI=1S/C21H26N4O5/c1-12(2)30-21(29)17(7-5-15(26)11-24-22)25-20(28)19(27)9-14-10-23-18-8-13(3)4-6-16(14)18/h4,6,8,10-12,17,19,23,27H,5,7,9H2,1-3H3,(H,25,28)/t17-,19-/m0/s1. The van der Waals surface area contributed by atoms with E-state index in [4.69, 9.17) is 10.3 Å². The summed E-state index contributed by atoms with van der Waals surface area (Å²) in [7, 11) is 0. The lowest BCUT2D eigenvalue weighted by Gasteiger charge is -2.20. The quantitative estimate of drug-likeness (QED) is 0.233.